The van der Waals surface area contributed by atoms with Crippen LogP contribution in [-0.4, -0.2) is 37.1 Å². The fraction of sp³-hybridized carbons (Fsp3) is 0.333. The van der Waals surface area contributed by atoms with E-state index in [-0.39, 0.29) is 37.1 Å². The summed E-state index contributed by atoms with van der Waals surface area (Å²) in [6, 6.07) is 17.3. The van der Waals surface area contributed by atoms with Crippen molar-refractivity contribution in [1.82, 2.24) is 10.6 Å². The van der Waals surface area contributed by atoms with Crippen LogP contribution in [0.15, 0.2) is 48.5 Å². The van der Waals surface area contributed by atoms with Crippen LogP contribution in [0.2, 0.25) is 0 Å². The summed E-state index contributed by atoms with van der Waals surface area (Å²) in [5, 5.41) is 23.5. The number of nitriles is 2. The van der Waals surface area contributed by atoms with Crippen LogP contribution in [0.3, 0.4) is 0 Å². The highest BCUT2D eigenvalue weighted by Gasteiger charge is 2.23. The van der Waals surface area contributed by atoms with Crippen LogP contribution in [-0.2, 0) is 9.59 Å². The monoisotopic (exact) mass is 432 g/mol. The van der Waals surface area contributed by atoms with E-state index in [4.69, 9.17) is 20.0 Å². The van der Waals surface area contributed by atoms with Gasteiger partial charge in [-0.25, -0.2) is 0 Å². The van der Waals surface area contributed by atoms with Crippen LogP contribution in [0, 0.1) is 22.7 Å². The van der Waals surface area contributed by atoms with E-state index in [1.54, 1.807) is 48.5 Å². The predicted octanol–water partition coefficient (Wildman–Crippen LogP) is 2.43. The first-order valence-electron chi connectivity index (χ1n) is 10.4. The molecule has 1 saturated carbocycles. The molecule has 0 unspecified atom stereocenters. The van der Waals surface area contributed by atoms with Crippen LogP contribution in [0.1, 0.15) is 36.8 Å². The summed E-state index contributed by atoms with van der Waals surface area (Å²) in [7, 11) is 0. The first-order valence-corrected chi connectivity index (χ1v) is 10.4. The number of benzene rings is 2. The van der Waals surface area contributed by atoms with Crippen molar-refractivity contribution in [2.45, 2.75) is 37.8 Å². The van der Waals surface area contributed by atoms with Crippen molar-refractivity contribution in [3.05, 3.63) is 59.7 Å². The lowest BCUT2D eigenvalue weighted by atomic mass is 9.91. The number of carbonyl (C=O) groups is 2. The molecule has 8 nitrogen and oxygen atoms in total. The first-order chi connectivity index (χ1) is 15.6. The van der Waals surface area contributed by atoms with Crippen molar-refractivity contribution in [1.29, 1.82) is 10.5 Å². The van der Waals surface area contributed by atoms with Gasteiger partial charge in [-0.3, -0.25) is 9.59 Å². The van der Waals surface area contributed by atoms with Crippen molar-refractivity contribution in [2.24, 2.45) is 0 Å². The molecule has 8 heteroatoms. The molecule has 1 fully saturated rings. The van der Waals surface area contributed by atoms with Gasteiger partial charge in [0, 0.05) is 12.1 Å². The minimum absolute atomic E-state index is 0.0510. The Hall–Kier alpha value is -4.04. The molecule has 0 aromatic heterocycles. The van der Waals surface area contributed by atoms with E-state index in [1.807, 2.05) is 12.1 Å². The number of rotatable bonds is 8. The average Bonchev–Trinajstić information content (AvgIpc) is 2.83. The molecule has 0 bridgehead atoms. The van der Waals surface area contributed by atoms with Crippen molar-refractivity contribution in [3.63, 3.8) is 0 Å². The summed E-state index contributed by atoms with van der Waals surface area (Å²) in [5.74, 6) is 0.679. The molecular formula is C24H24N4O4. The molecule has 2 aromatic rings. The molecule has 0 aliphatic heterocycles. The van der Waals surface area contributed by atoms with Gasteiger partial charge in [-0.2, -0.15) is 10.5 Å². The van der Waals surface area contributed by atoms with Crippen LogP contribution < -0.4 is 20.1 Å². The lowest BCUT2D eigenvalue weighted by molar-refractivity contribution is -0.125. The lowest BCUT2D eigenvalue weighted by Gasteiger charge is -2.29. The summed E-state index contributed by atoms with van der Waals surface area (Å²) in [4.78, 5) is 24.3. The highest BCUT2D eigenvalue weighted by atomic mass is 16.5. The van der Waals surface area contributed by atoms with Gasteiger partial charge in [-0.15, -0.1) is 0 Å². The van der Waals surface area contributed by atoms with Gasteiger partial charge in [0.05, 0.1) is 23.3 Å². The van der Waals surface area contributed by atoms with Gasteiger partial charge < -0.3 is 20.1 Å². The Bertz CT molecular complexity index is 915. The van der Waals surface area contributed by atoms with Crippen molar-refractivity contribution in [3.8, 4) is 23.6 Å². The molecule has 0 saturated heterocycles. The molecule has 32 heavy (non-hydrogen) atoms. The Morgan fingerprint density at radius 1 is 0.719 bits per heavy atom. The van der Waals surface area contributed by atoms with Crippen LogP contribution in [0.4, 0.5) is 0 Å². The van der Waals surface area contributed by atoms with Gasteiger partial charge >= 0.3 is 0 Å². The Morgan fingerprint density at radius 2 is 1.06 bits per heavy atom. The fourth-order valence-corrected chi connectivity index (χ4v) is 3.47. The largest absolute Gasteiger partial charge is 0.484 e. The highest BCUT2D eigenvalue weighted by Crippen LogP contribution is 2.19. The number of ether oxygens (including phenoxy) is 2. The van der Waals surface area contributed by atoms with E-state index in [1.165, 1.54) is 0 Å². The molecular weight excluding hydrogens is 408 g/mol. The zero-order valence-corrected chi connectivity index (χ0v) is 17.5. The molecule has 1 aliphatic rings. The van der Waals surface area contributed by atoms with E-state index in [9.17, 15) is 9.59 Å². The SMILES string of the molecule is N#Cc1ccc(OCC(=O)NC2CCC(NC(=O)COc3ccc(C#N)cc3)CC2)cc1. The van der Waals surface area contributed by atoms with Crippen LogP contribution in [0.5, 0.6) is 11.5 Å². The molecule has 0 spiro atoms. The van der Waals surface area contributed by atoms with Crippen molar-refractivity contribution < 1.29 is 19.1 Å². The Morgan fingerprint density at radius 3 is 1.38 bits per heavy atom. The quantitative estimate of drug-likeness (QED) is 0.660. The maximum atomic E-state index is 12.1. The number of amides is 2. The topological polar surface area (TPSA) is 124 Å². The minimum atomic E-state index is -0.197. The summed E-state index contributed by atoms with van der Waals surface area (Å²) >= 11 is 0. The van der Waals surface area contributed by atoms with Crippen molar-refractivity contribution in [2.75, 3.05) is 13.2 Å². The lowest BCUT2D eigenvalue weighted by Crippen LogP contribution is -2.45. The fourth-order valence-electron chi connectivity index (χ4n) is 3.47. The Balaban J connectivity index is 1.31. The third-order valence-corrected chi connectivity index (χ3v) is 5.16. The van der Waals surface area contributed by atoms with Gasteiger partial charge in [-0.05, 0) is 74.2 Å². The summed E-state index contributed by atoms with van der Waals surface area (Å²) in [5.41, 5.74) is 1.07. The second-order valence-corrected chi connectivity index (χ2v) is 7.53. The van der Waals surface area contributed by atoms with Crippen LogP contribution in [0.25, 0.3) is 0 Å². The highest BCUT2D eigenvalue weighted by molar-refractivity contribution is 5.78. The molecule has 3 rings (SSSR count). The molecule has 0 heterocycles. The number of hydrogen-bond donors (Lipinski definition) is 2. The molecule has 2 aromatic carbocycles. The molecule has 2 amide bonds. The molecule has 2 N–H and O–H groups in total. The van der Waals surface area contributed by atoms with Gasteiger partial charge in [0.15, 0.2) is 13.2 Å². The first kappa shape index (κ1) is 22.6. The number of carbonyl (C=O) groups excluding carboxylic acids is 2. The zero-order valence-electron chi connectivity index (χ0n) is 17.5. The number of nitrogens with one attached hydrogen (secondary N) is 2. The summed E-state index contributed by atoms with van der Waals surface area (Å²) in [6.07, 6.45) is 3.07. The maximum Gasteiger partial charge on any atom is 0.258 e. The smallest absolute Gasteiger partial charge is 0.258 e. The summed E-state index contributed by atoms with van der Waals surface area (Å²) < 4.78 is 10.9. The normalized spacial score (nSPS) is 17.3. The van der Waals surface area contributed by atoms with Gasteiger partial charge in [0.2, 0.25) is 0 Å². The van der Waals surface area contributed by atoms with Crippen LogP contribution >= 0.6 is 0 Å². The average molecular weight is 432 g/mol. The van der Waals surface area contributed by atoms with Gasteiger partial charge in [0.25, 0.3) is 11.8 Å². The second kappa shape index (κ2) is 11.4. The molecule has 0 atom stereocenters. The van der Waals surface area contributed by atoms with E-state index in [2.05, 4.69) is 10.6 Å². The number of nitrogens with zero attached hydrogens (tertiary/aromatic N) is 2. The van der Waals surface area contributed by atoms with Crippen molar-refractivity contribution >= 4 is 11.8 Å². The Labute approximate surface area is 186 Å². The standard InChI is InChI=1S/C24H24N4O4/c25-13-17-1-9-21(10-2-17)31-15-23(29)27-19-5-7-20(8-6-19)28-24(30)16-32-22-11-3-18(14-26)4-12-22/h1-4,9-12,19-20H,5-8,15-16H2,(H,27,29)(H,28,30). The predicted molar refractivity (Wildman–Crippen MR) is 116 cm³/mol. The third kappa shape index (κ3) is 7.03. The minimum Gasteiger partial charge on any atom is -0.484 e. The van der Waals surface area contributed by atoms with Gasteiger partial charge in [0.1, 0.15) is 11.5 Å². The third-order valence-electron chi connectivity index (χ3n) is 5.16. The van der Waals surface area contributed by atoms with E-state index in [0.717, 1.165) is 25.7 Å². The van der Waals surface area contributed by atoms with E-state index < -0.39 is 0 Å². The zero-order chi connectivity index (χ0) is 22.8. The van der Waals surface area contributed by atoms with Gasteiger partial charge in [-0.1, -0.05) is 0 Å². The maximum absolute atomic E-state index is 12.1. The van der Waals surface area contributed by atoms with E-state index >= 15 is 0 Å². The molecule has 164 valence electrons. The van der Waals surface area contributed by atoms with E-state index in [0.29, 0.717) is 22.6 Å². The Kier molecular flexibility index (Phi) is 8.05. The number of hydrogen-bond acceptors (Lipinski definition) is 6. The molecule has 1 aliphatic carbocycles. The molecule has 0 radical (unpaired) electrons. The second-order valence-electron chi connectivity index (χ2n) is 7.53. The summed E-state index contributed by atoms with van der Waals surface area (Å²) in [6.45, 7) is -0.176.